The smallest absolute Gasteiger partial charge is 0.759 e. The van der Waals surface area contributed by atoms with Crippen molar-refractivity contribution < 1.29 is 115 Å². The van der Waals surface area contributed by atoms with E-state index in [1.807, 2.05) is 82.3 Å². The quantitative estimate of drug-likeness (QED) is 0.0242. The number of aliphatic hydroxyl groups excluding tert-OH is 1. The zero-order chi connectivity index (χ0) is 41.6. The summed E-state index contributed by atoms with van der Waals surface area (Å²) in [5.74, 6) is 15.0. The van der Waals surface area contributed by atoms with Crippen molar-refractivity contribution in [1.82, 2.24) is 4.98 Å². The number of hydrogen-bond donors (Lipinski definition) is 2. The van der Waals surface area contributed by atoms with Crippen LogP contribution < -0.4 is 65.0 Å². The Morgan fingerprint density at radius 3 is 1.32 bits per heavy atom. The van der Waals surface area contributed by atoms with Crippen molar-refractivity contribution in [3.63, 3.8) is 0 Å². The summed E-state index contributed by atoms with van der Waals surface area (Å²) in [5.41, 5.74) is 3.96. The maximum Gasteiger partial charge on any atom is 1.00 e. The molecule has 0 radical (unpaired) electrons. The zero-order valence-corrected chi connectivity index (χ0v) is 39.1. The minimum absolute atomic E-state index is 0. The molecule has 300 valence electrons. The molecule has 0 aliphatic carbocycles. The second-order valence-electron chi connectivity index (χ2n) is 9.10. The maximum atomic E-state index is 11.5. The third-order valence-electron chi connectivity index (χ3n) is 5.40. The SMILES string of the molecule is CC#C/C(=N/OC)c1ccc(C(OCC)OCC)cc1.CC#CC(=O)c1ccc(C(OCC)OCC)cc1.CO.CON.O=S(=O)([O-])[O-].[Na+].[Na+].c1ccncc1. The van der Waals surface area contributed by atoms with E-state index in [1.54, 1.807) is 38.4 Å². The molecule has 0 spiro atoms. The van der Waals surface area contributed by atoms with Gasteiger partial charge in [0.05, 0.1) is 7.11 Å². The average Bonchev–Trinajstić information content (AvgIpc) is 3.16. The largest absolute Gasteiger partial charge is 1.00 e. The number of hydrogen-bond acceptors (Lipinski definition) is 15. The Bertz CT molecular complexity index is 1570. The molecular formula is C38H53N3Na2O12S. The van der Waals surface area contributed by atoms with E-state index in [0.29, 0.717) is 37.7 Å². The fourth-order valence-electron chi connectivity index (χ4n) is 3.53. The van der Waals surface area contributed by atoms with Crippen molar-refractivity contribution in [3.05, 3.63) is 101 Å². The fraction of sp³-hybridized carbons (Fsp3) is 0.395. The van der Waals surface area contributed by atoms with Crippen LogP contribution in [0.1, 0.15) is 81.2 Å². The van der Waals surface area contributed by atoms with Crippen LogP contribution in [0, 0.1) is 23.7 Å². The van der Waals surface area contributed by atoms with Crippen molar-refractivity contribution in [2.24, 2.45) is 11.1 Å². The number of aliphatic hydroxyl groups is 1. The Morgan fingerprint density at radius 2 is 1.07 bits per heavy atom. The molecular weight excluding hydrogens is 768 g/mol. The second kappa shape index (κ2) is 43.6. The molecule has 0 fully saturated rings. The standard InChI is InChI=1S/C16H21NO3.C15H18O3.C5H5N.CH5NO.CH4O.2Na.H2O4S/c1-5-8-15(17-18-4)13-9-11-14(12-10-13)16(19-6-2)20-7-3;1-4-7-14(16)12-8-10-13(11-9-12)15(17-5-2)18-6-3;1-2-4-6-5-3-1;1-3-2;1-2;;;1-5(2,3)4/h9-12,16H,6-7H2,1-4H3;8-11,15H,5-6H2,1-3H3;1-5H;2H2,1H3;2H,1H3;;;(H2,1,2,3,4)/q;;;;;2*+1;/p-2/b17-15-;;;;;;;. The first-order valence-corrected chi connectivity index (χ1v) is 17.6. The van der Waals surface area contributed by atoms with E-state index in [-0.39, 0.29) is 77.5 Å². The Labute approximate surface area is 377 Å². The molecule has 0 aliphatic heterocycles. The number of oxime groups is 1. The van der Waals surface area contributed by atoms with Gasteiger partial charge in [0.15, 0.2) is 18.3 Å². The molecule has 2 aromatic carbocycles. The van der Waals surface area contributed by atoms with Gasteiger partial charge in [0.2, 0.25) is 5.78 Å². The minimum Gasteiger partial charge on any atom is -0.759 e. The van der Waals surface area contributed by atoms with E-state index in [9.17, 15) is 4.79 Å². The number of carbonyl (C=O) groups excluding carboxylic acids is 1. The number of pyridine rings is 1. The predicted octanol–water partition coefficient (Wildman–Crippen LogP) is -1.04. The van der Waals surface area contributed by atoms with Crippen molar-refractivity contribution in [2.75, 3.05) is 47.8 Å². The van der Waals surface area contributed by atoms with Crippen LogP contribution in [0.2, 0.25) is 0 Å². The third-order valence-corrected chi connectivity index (χ3v) is 5.40. The van der Waals surface area contributed by atoms with Gasteiger partial charge in [-0.1, -0.05) is 59.5 Å². The van der Waals surface area contributed by atoms with Crippen LogP contribution in [0.3, 0.4) is 0 Å². The first-order valence-electron chi connectivity index (χ1n) is 16.3. The van der Waals surface area contributed by atoms with Crippen LogP contribution in [-0.2, 0) is 39.0 Å². The normalized spacial score (nSPS) is 9.52. The summed E-state index contributed by atoms with van der Waals surface area (Å²) >= 11 is 0. The van der Waals surface area contributed by atoms with E-state index in [1.165, 1.54) is 14.2 Å². The first kappa shape index (κ1) is 62.6. The van der Waals surface area contributed by atoms with Gasteiger partial charge in [-0.2, -0.15) is 0 Å². The van der Waals surface area contributed by atoms with Crippen molar-refractivity contribution in [1.29, 1.82) is 0 Å². The molecule has 18 heteroatoms. The Balaban J connectivity index is -0.000000218. The number of nitrogens with two attached hydrogens (primary N) is 1. The van der Waals surface area contributed by atoms with Crippen molar-refractivity contribution >= 4 is 21.9 Å². The van der Waals surface area contributed by atoms with E-state index in [0.717, 1.165) is 23.8 Å². The van der Waals surface area contributed by atoms with Gasteiger partial charge in [0.1, 0.15) is 7.11 Å². The topological polar surface area (TPSA) is 224 Å². The number of aromatic nitrogens is 1. The fourth-order valence-corrected chi connectivity index (χ4v) is 3.53. The number of rotatable bonds is 13. The van der Waals surface area contributed by atoms with Crippen LogP contribution in [-0.4, -0.2) is 86.9 Å². The summed E-state index contributed by atoms with van der Waals surface area (Å²) in [6, 6.07) is 20.6. The molecule has 0 unspecified atom stereocenters. The summed E-state index contributed by atoms with van der Waals surface area (Å²) in [6.07, 6.45) is 2.79. The summed E-state index contributed by atoms with van der Waals surface area (Å²) < 4.78 is 56.2. The second-order valence-corrected chi connectivity index (χ2v) is 9.92. The van der Waals surface area contributed by atoms with Gasteiger partial charge < -0.3 is 42.8 Å². The molecule has 3 N–H and O–H groups in total. The van der Waals surface area contributed by atoms with E-state index < -0.39 is 10.4 Å². The zero-order valence-electron chi connectivity index (χ0n) is 34.3. The summed E-state index contributed by atoms with van der Waals surface area (Å²) in [5, 5.41) is 10.9. The number of ether oxygens (including phenoxy) is 4. The Kier molecular flexibility index (Phi) is 48.7. The van der Waals surface area contributed by atoms with Gasteiger partial charge in [-0.25, -0.2) is 5.90 Å². The van der Waals surface area contributed by atoms with Crippen LogP contribution in [0.15, 0.2) is 84.3 Å². The number of carbonyl (C=O) groups is 1. The van der Waals surface area contributed by atoms with Gasteiger partial charge in [-0.05, 0) is 77.6 Å². The summed E-state index contributed by atoms with van der Waals surface area (Å²) in [4.78, 5) is 23.9. The molecule has 0 saturated heterocycles. The van der Waals surface area contributed by atoms with Crippen LogP contribution in [0.5, 0.6) is 0 Å². The molecule has 56 heavy (non-hydrogen) atoms. The molecule has 0 aliphatic rings. The molecule has 1 heterocycles. The van der Waals surface area contributed by atoms with Gasteiger partial charge in [0, 0.05) is 78.6 Å². The summed E-state index contributed by atoms with van der Waals surface area (Å²) in [6.45, 7) is 13.5. The van der Waals surface area contributed by atoms with Crippen LogP contribution >= 0.6 is 0 Å². The van der Waals surface area contributed by atoms with Gasteiger partial charge in [-0.3, -0.25) is 18.2 Å². The molecule has 15 nitrogen and oxygen atoms in total. The first-order chi connectivity index (χ1) is 25.9. The van der Waals surface area contributed by atoms with E-state index in [4.69, 9.17) is 46.4 Å². The number of Topliss-reactive ketones (excluding diaryl/α,β-unsaturated/α-hetero) is 1. The molecule has 0 amide bonds. The third kappa shape index (κ3) is 35.8. The molecule has 0 saturated carbocycles. The maximum absolute atomic E-state index is 11.5. The molecule has 3 aromatic rings. The summed E-state index contributed by atoms with van der Waals surface area (Å²) in [7, 11) is -1.26. The molecule has 0 bridgehead atoms. The van der Waals surface area contributed by atoms with Gasteiger partial charge in [0.25, 0.3) is 0 Å². The van der Waals surface area contributed by atoms with Crippen LogP contribution in [0.25, 0.3) is 0 Å². The van der Waals surface area contributed by atoms with E-state index in [2.05, 4.69) is 44.6 Å². The van der Waals surface area contributed by atoms with E-state index >= 15 is 0 Å². The molecule has 3 rings (SSSR count). The number of benzene rings is 2. The van der Waals surface area contributed by atoms with Crippen LogP contribution in [0.4, 0.5) is 0 Å². The minimum atomic E-state index is -5.17. The molecule has 0 atom stereocenters. The molecule has 1 aromatic heterocycles. The average molecular weight is 822 g/mol. The Morgan fingerprint density at radius 1 is 0.732 bits per heavy atom. The monoisotopic (exact) mass is 821 g/mol. The number of ketones is 1. The van der Waals surface area contributed by atoms with Gasteiger partial charge in [-0.15, -0.1) is 0 Å². The van der Waals surface area contributed by atoms with Crippen molar-refractivity contribution in [2.45, 2.75) is 54.1 Å². The van der Waals surface area contributed by atoms with Crippen molar-refractivity contribution in [3.8, 4) is 23.7 Å². The Hall–Kier alpha value is -2.56. The number of nitrogens with zero attached hydrogens (tertiary/aromatic N) is 2. The van der Waals surface area contributed by atoms with Gasteiger partial charge >= 0.3 is 59.1 Å². The predicted molar refractivity (Wildman–Crippen MR) is 204 cm³/mol.